The van der Waals surface area contributed by atoms with Gasteiger partial charge in [0.1, 0.15) is 6.54 Å². The van der Waals surface area contributed by atoms with Crippen LogP contribution in [0.2, 0.25) is 0 Å². The number of nitrogens with zero attached hydrogens (tertiary/aromatic N) is 1. The van der Waals surface area contributed by atoms with Crippen LogP contribution in [0, 0.1) is 11.8 Å². The Labute approximate surface area is 95.8 Å². The van der Waals surface area contributed by atoms with Gasteiger partial charge in [0.2, 0.25) is 0 Å². The molecule has 1 rings (SSSR count). The van der Waals surface area contributed by atoms with Crippen molar-refractivity contribution in [3.63, 3.8) is 0 Å². The maximum atomic E-state index is 11.8. The van der Waals surface area contributed by atoms with Crippen LogP contribution in [0.5, 0.6) is 0 Å². The second-order valence-electron chi connectivity index (χ2n) is 4.94. The molecule has 0 aromatic rings. The first-order chi connectivity index (χ1) is 7.40. The Morgan fingerprint density at radius 2 is 2.06 bits per heavy atom. The lowest BCUT2D eigenvalue weighted by atomic mass is 10.2. The molecule has 92 valence electrons. The summed E-state index contributed by atoms with van der Waals surface area (Å²) < 4.78 is 0. The smallest absolute Gasteiger partial charge is 0.323 e. The van der Waals surface area contributed by atoms with Crippen molar-refractivity contribution in [2.75, 3.05) is 13.1 Å². The second-order valence-corrected chi connectivity index (χ2v) is 4.94. The molecule has 1 aliphatic carbocycles. The Morgan fingerprint density at radius 1 is 1.50 bits per heavy atom. The van der Waals surface area contributed by atoms with Crippen LogP contribution in [-0.4, -0.2) is 41.1 Å². The summed E-state index contributed by atoms with van der Waals surface area (Å²) in [5.41, 5.74) is 0. The summed E-state index contributed by atoms with van der Waals surface area (Å²) in [6, 6.07) is -0.0265. The standard InChI is InChI=1S/C11H20N2O3/c1-7(2)5-13(6-10(14)15)11(16)12-9-4-8(9)3/h7-9H,4-6H2,1-3H3,(H,12,16)(H,14,15). The van der Waals surface area contributed by atoms with E-state index in [1.807, 2.05) is 13.8 Å². The van der Waals surface area contributed by atoms with E-state index >= 15 is 0 Å². The highest BCUT2D eigenvalue weighted by atomic mass is 16.4. The fourth-order valence-electron chi connectivity index (χ4n) is 1.60. The average molecular weight is 228 g/mol. The zero-order valence-electron chi connectivity index (χ0n) is 10.1. The van der Waals surface area contributed by atoms with Gasteiger partial charge < -0.3 is 15.3 Å². The van der Waals surface area contributed by atoms with Crippen LogP contribution >= 0.6 is 0 Å². The van der Waals surface area contributed by atoms with Gasteiger partial charge in [-0.25, -0.2) is 4.79 Å². The summed E-state index contributed by atoms with van der Waals surface area (Å²) in [6.45, 7) is 6.23. The van der Waals surface area contributed by atoms with E-state index in [0.717, 1.165) is 6.42 Å². The van der Waals surface area contributed by atoms with E-state index in [-0.39, 0.29) is 24.5 Å². The van der Waals surface area contributed by atoms with Crippen molar-refractivity contribution in [1.29, 1.82) is 0 Å². The molecular weight excluding hydrogens is 208 g/mol. The third kappa shape index (κ3) is 4.08. The first kappa shape index (κ1) is 12.8. The highest BCUT2D eigenvalue weighted by molar-refractivity contribution is 5.80. The van der Waals surface area contributed by atoms with E-state index < -0.39 is 5.97 Å². The number of carboxylic acids is 1. The topological polar surface area (TPSA) is 69.6 Å². The van der Waals surface area contributed by atoms with Gasteiger partial charge in [0, 0.05) is 12.6 Å². The van der Waals surface area contributed by atoms with Gasteiger partial charge in [-0.15, -0.1) is 0 Å². The lowest BCUT2D eigenvalue weighted by Gasteiger charge is -2.23. The molecule has 5 nitrogen and oxygen atoms in total. The quantitative estimate of drug-likeness (QED) is 0.741. The van der Waals surface area contributed by atoms with Crippen molar-refractivity contribution >= 4 is 12.0 Å². The maximum absolute atomic E-state index is 11.8. The van der Waals surface area contributed by atoms with Gasteiger partial charge >= 0.3 is 12.0 Å². The normalized spacial score (nSPS) is 23.0. The molecule has 5 heteroatoms. The van der Waals surface area contributed by atoms with Gasteiger partial charge in [0.25, 0.3) is 0 Å². The molecule has 0 bridgehead atoms. The highest BCUT2D eigenvalue weighted by Gasteiger charge is 2.35. The molecule has 0 radical (unpaired) electrons. The fraction of sp³-hybridized carbons (Fsp3) is 0.818. The Balaban J connectivity index is 2.46. The monoisotopic (exact) mass is 228 g/mol. The van der Waals surface area contributed by atoms with Crippen molar-refractivity contribution in [1.82, 2.24) is 10.2 Å². The fourth-order valence-corrected chi connectivity index (χ4v) is 1.60. The molecule has 16 heavy (non-hydrogen) atoms. The molecule has 0 aromatic heterocycles. The van der Waals surface area contributed by atoms with E-state index in [2.05, 4.69) is 12.2 Å². The Bertz CT molecular complexity index is 278. The molecule has 0 aromatic carbocycles. The Morgan fingerprint density at radius 3 is 2.44 bits per heavy atom. The summed E-state index contributed by atoms with van der Waals surface area (Å²) in [6.07, 6.45) is 0.994. The van der Waals surface area contributed by atoms with Crippen LogP contribution in [0.25, 0.3) is 0 Å². The van der Waals surface area contributed by atoms with Crippen molar-refractivity contribution < 1.29 is 14.7 Å². The van der Waals surface area contributed by atoms with Crippen molar-refractivity contribution in [3.05, 3.63) is 0 Å². The summed E-state index contributed by atoms with van der Waals surface area (Å²) in [5, 5.41) is 11.6. The molecular formula is C11H20N2O3. The predicted molar refractivity (Wildman–Crippen MR) is 60.1 cm³/mol. The molecule has 1 saturated carbocycles. The first-order valence-corrected chi connectivity index (χ1v) is 5.67. The Kier molecular flexibility index (Phi) is 4.15. The van der Waals surface area contributed by atoms with Crippen LogP contribution in [0.4, 0.5) is 4.79 Å². The number of hydrogen-bond donors (Lipinski definition) is 2. The molecule has 2 unspecified atom stereocenters. The molecule has 0 spiro atoms. The predicted octanol–water partition coefficient (Wildman–Crippen LogP) is 1.15. The number of urea groups is 1. The number of rotatable bonds is 5. The number of carboxylic acid groups (broad SMARTS) is 1. The van der Waals surface area contributed by atoms with Crippen LogP contribution in [-0.2, 0) is 4.79 Å². The summed E-state index contributed by atoms with van der Waals surface area (Å²) >= 11 is 0. The molecule has 1 fully saturated rings. The lowest BCUT2D eigenvalue weighted by Crippen LogP contribution is -2.45. The van der Waals surface area contributed by atoms with Crippen LogP contribution in [0.15, 0.2) is 0 Å². The molecule has 2 atom stereocenters. The van der Waals surface area contributed by atoms with Gasteiger partial charge in [-0.2, -0.15) is 0 Å². The SMILES string of the molecule is CC(C)CN(CC(=O)O)C(=O)NC1CC1C. The molecule has 0 heterocycles. The highest BCUT2D eigenvalue weighted by Crippen LogP contribution is 2.29. The van der Waals surface area contributed by atoms with Gasteiger partial charge in [0.05, 0.1) is 0 Å². The van der Waals surface area contributed by atoms with Crippen LogP contribution in [0.1, 0.15) is 27.2 Å². The molecule has 2 amide bonds. The number of nitrogens with one attached hydrogen (secondary N) is 1. The second kappa shape index (κ2) is 5.18. The lowest BCUT2D eigenvalue weighted by molar-refractivity contribution is -0.137. The number of amides is 2. The third-order valence-electron chi connectivity index (χ3n) is 2.62. The van der Waals surface area contributed by atoms with E-state index in [0.29, 0.717) is 12.5 Å². The van der Waals surface area contributed by atoms with Crippen molar-refractivity contribution in [3.8, 4) is 0 Å². The molecule has 0 saturated heterocycles. The minimum Gasteiger partial charge on any atom is -0.480 e. The summed E-state index contributed by atoms with van der Waals surface area (Å²) in [7, 11) is 0. The van der Waals surface area contributed by atoms with Gasteiger partial charge in [-0.1, -0.05) is 20.8 Å². The first-order valence-electron chi connectivity index (χ1n) is 5.67. The zero-order valence-corrected chi connectivity index (χ0v) is 10.1. The van der Waals surface area contributed by atoms with E-state index in [1.165, 1.54) is 4.90 Å². The molecule has 2 N–H and O–H groups in total. The number of aliphatic carboxylic acids is 1. The zero-order chi connectivity index (χ0) is 12.3. The van der Waals surface area contributed by atoms with Crippen molar-refractivity contribution in [2.24, 2.45) is 11.8 Å². The maximum Gasteiger partial charge on any atom is 0.323 e. The minimum atomic E-state index is -0.973. The Hall–Kier alpha value is -1.26. The molecule has 0 aliphatic heterocycles. The van der Waals surface area contributed by atoms with Gasteiger partial charge in [0.15, 0.2) is 0 Å². The number of hydrogen-bond acceptors (Lipinski definition) is 2. The third-order valence-corrected chi connectivity index (χ3v) is 2.62. The van der Waals surface area contributed by atoms with Gasteiger partial charge in [-0.05, 0) is 18.3 Å². The van der Waals surface area contributed by atoms with Crippen molar-refractivity contribution in [2.45, 2.75) is 33.2 Å². The largest absolute Gasteiger partial charge is 0.480 e. The summed E-state index contributed by atoms with van der Waals surface area (Å²) in [4.78, 5) is 23.8. The van der Waals surface area contributed by atoms with E-state index in [4.69, 9.17) is 5.11 Å². The average Bonchev–Trinajstić information content (AvgIpc) is 2.78. The van der Waals surface area contributed by atoms with Crippen LogP contribution < -0.4 is 5.32 Å². The molecule has 1 aliphatic rings. The van der Waals surface area contributed by atoms with Crippen LogP contribution in [0.3, 0.4) is 0 Å². The number of carbonyl (C=O) groups is 2. The van der Waals surface area contributed by atoms with E-state index in [1.54, 1.807) is 0 Å². The summed E-state index contributed by atoms with van der Waals surface area (Å²) in [5.74, 6) is -0.184. The number of carbonyl (C=O) groups excluding carboxylic acids is 1. The van der Waals surface area contributed by atoms with E-state index in [9.17, 15) is 9.59 Å². The van der Waals surface area contributed by atoms with Gasteiger partial charge in [-0.3, -0.25) is 4.79 Å². The minimum absolute atomic E-state index is 0.231.